The first kappa shape index (κ1) is 18.0. The molecule has 0 spiro atoms. The zero-order valence-electron chi connectivity index (χ0n) is 14.8. The van der Waals surface area contributed by atoms with Crippen LogP contribution in [0.25, 0.3) is 5.69 Å². The van der Waals surface area contributed by atoms with Crippen molar-refractivity contribution in [3.05, 3.63) is 66.3 Å². The fourth-order valence-electron chi connectivity index (χ4n) is 3.48. The summed E-state index contributed by atoms with van der Waals surface area (Å²) in [6, 6.07) is 4.44. The number of nitrogens with two attached hydrogens (primary N) is 1. The summed E-state index contributed by atoms with van der Waals surface area (Å²) in [7, 11) is 0. The number of hydrogen-bond acceptors (Lipinski definition) is 5. The molecule has 0 aromatic carbocycles. The lowest BCUT2D eigenvalue weighted by atomic mass is 9.65. The number of rotatable bonds is 6. The van der Waals surface area contributed by atoms with E-state index in [2.05, 4.69) is 20.3 Å². The molecule has 144 valence electrons. The van der Waals surface area contributed by atoms with Crippen LogP contribution in [0.1, 0.15) is 28.9 Å². The lowest BCUT2D eigenvalue weighted by Crippen LogP contribution is -2.49. The van der Waals surface area contributed by atoms with E-state index in [4.69, 9.17) is 5.73 Å². The van der Waals surface area contributed by atoms with Crippen LogP contribution in [0.15, 0.2) is 49.2 Å². The van der Waals surface area contributed by atoms with E-state index in [1.807, 2.05) is 0 Å². The van der Waals surface area contributed by atoms with E-state index in [0.717, 1.165) is 0 Å². The lowest BCUT2D eigenvalue weighted by molar-refractivity contribution is 0.0963. The summed E-state index contributed by atoms with van der Waals surface area (Å²) in [6.45, 7) is 0.274. The van der Waals surface area contributed by atoms with E-state index in [1.54, 1.807) is 35.4 Å². The average molecular weight is 384 g/mol. The molecule has 28 heavy (non-hydrogen) atoms. The van der Waals surface area contributed by atoms with Gasteiger partial charge >= 0.3 is 0 Å². The lowest BCUT2D eigenvalue weighted by Gasteiger charge is -2.43. The summed E-state index contributed by atoms with van der Waals surface area (Å²) in [5, 5.41) is 3.06. The van der Waals surface area contributed by atoms with Gasteiger partial charge in [0.05, 0.1) is 29.3 Å². The van der Waals surface area contributed by atoms with Crippen molar-refractivity contribution in [2.75, 3.05) is 11.9 Å². The molecule has 3 heterocycles. The molecule has 3 N–H and O–H groups in total. The Hall–Kier alpha value is -3.36. The van der Waals surface area contributed by atoms with Crippen molar-refractivity contribution in [2.24, 2.45) is 5.73 Å². The minimum atomic E-state index is -0.973. The van der Waals surface area contributed by atoms with E-state index in [0.29, 0.717) is 17.2 Å². The number of primary amides is 1. The monoisotopic (exact) mass is 384 g/mol. The van der Waals surface area contributed by atoms with Crippen LogP contribution in [0.5, 0.6) is 0 Å². The van der Waals surface area contributed by atoms with Crippen molar-refractivity contribution >= 4 is 11.9 Å². The highest BCUT2D eigenvalue weighted by molar-refractivity contribution is 5.92. The fourth-order valence-corrected chi connectivity index (χ4v) is 3.48. The Morgan fingerprint density at radius 2 is 2.04 bits per heavy atom. The molecule has 1 amide bonds. The number of anilines is 1. The minimum absolute atomic E-state index is 0.200. The highest BCUT2D eigenvalue weighted by Crippen LogP contribution is 2.45. The predicted octanol–water partition coefficient (Wildman–Crippen LogP) is 2.38. The van der Waals surface area contributed by atoms with Gasteiger partial charge in [0.2, 0.25) is 11.9 Å². The van der Waals surface area contributed by atoms with Crippen molar-refractivity contribution < 1.29 is 13.6 Å². The van der Waals surface area contributed by atoms with Gasteiger partial charge in [-0.1, -0.05) is 0 Å². The summed E-state index contributed by atoms with van der Waals surface area (Å²) in [4.78, 5) is 23.8. The summed E-state index contributed by atoms with van der Waals surface area (Å²) in [5.74, 6) is -0.619. The van der Waals surface area contributed by atoms with Crippen LogP contribution in [0.2, 0.25) is 0 Å². The van der Waals surface area contributed by atoms with Gasteiger partial charge in [0.25, 0.3) is 0 Å². The van der Waals surface area contributed by atoms with Gasteiger partial charge in [0, 0.05) is 30.6 Å². The van der Waals surface area contributed by atoms with E-state index < -0.39 is 23.3 Å². The third kappa shape index (κ3) is 3.30. The average Bonchev–Trinajstić information content (AvgIpc) is 3.16. The minimum Gasteiger partial charge on any atom is -0.366 e. The number of hydrogen-bond donors (Lipinski definition) is 2. The Morgan fingerprint density at radius 3 is 2.64 bits per heavy atom. The van der Waals surface area contributed by atoms with Crippen LogP contribution in [0.4, 0.5) is 14.7 Å². The summed E-state index contributed by atoms with van der Waals surface area (Å²) >= 11 is 0. The Kier molecular flexibility index (Phi) is 4.50. The van der Waals surface area contributed by atoms with E-state index in [1.165, 1.54) is 18.3 Å². The van der Waals surface area contributed by atoms with Crippen LogP contribution < -0.4 is 11.1 Å². The standard InChI is InChI=1S/C19H18F2N6O/c20-13-6-19(7-13,16-15(21)2-1-4-23-16)11-26-18-24-8-14(9-25-18)27-5-3-12(10-27)17(22)28/h1-5,8-10,13H,6-7,11H2,(H2,22,28)(H,24,25,26)/t13-,19+. The zero-order valence-corrected chi connectivity index (χ0v) is 14.8. The molecule has 1 aliphatic rings. The van der Waals surface area contributed by atoms with Crippen LogP contribution in [-0.4, -0.2) is 38.1 Å². The summed E-state index contributed by atoms with van der Waals surface area (Å²) < 4.78 is 29.5. The second-order valence-corrected chi connectivity index (χ2v) is 6.91. The predicted molar refractivity (Wildman–Crippen MR) is 98.4 cm³/mol. The van der Waals surface area contributed by atoms with Crippen molar-refractivity contribution in [3.8, 4) is 5.69 Å². The molecule has 3 aromatic rings. The van der Waals surface area contributed by atoms with Gasteiger partial charge in [-0.15, -0.1) is 0 Å². The molecule has 4 rings (SSSR count). The Morgan fingerprint density at radius 1 is 1.29 bits per heavy atom. The van der Waals surface area contributed by atoms with Crippen molar-refractivity contribution in [2.45, 2.75) is 24.4 Å². The van der Waals surface area contributed by atoms with Crippen LogP contribution in [0.3, 0.4) is 0 Å². The second kappa shape index (κ2) is 6.99. The third-order valence-electron chi connectivity index (χ3n) is 4.98. The smallest absolute Gasteiger partial charge is 0.250 e. The highest BCUT2D eigenvalue weighted by Gasteiger charge is 2.48. The summed E-state index contributed by atoms with van der Waals surface area (Å²) in [5.41, 5.74) is 5.82. The first-order valence-corrected chi connectivity index (χ1v) is 8.76. The Bertz CT molecular complexity index is 998. The van der Waals surface area contributed by atoms with E-state index in [9.17, 15) is 13.6 Å². The largest absolute Gasteiger partial charge is 0.366 e. The number of amides is 1. The number of nitrogens with zero attached hydrogens (tertiary/aromatic N) is 4. The topological polar surface area (TPSA) is 98.7 Å². The molecule has 9 heteroatoms. The molecule has 0 atom stereocenters. The quantitative estimate of drug-likeness (QED) is 0.680. The second-order valence-electron chi connectivity index (χ2n) is 6.91. The third-order valence-corrected chi connectivity index (χ3v) is 4.98. The van der Waals surface area contributed by atoms with Crippen LogP contribution >= 0.6 is 0 Å². The molecule has 7 nitrogen and oxygen atoms in total. The maximum atomic E-state index is 14.2. The molecular weight excluding hydrogens is 366 g/mol. The van der Waals surface area contributed by atoms with Gasteiger partial charge < -0.3 is 15.6 Å². The number of carbonyl (C=O) groups is 1. The molecular formula is C19H18F2N6O. The maximum absolute atomic E-state index is 14.2. The Balaban J connectivity index is 1.48. The summed E-state index contributed by atoms with van der Waals surface area (Å²) in [6.07, 6.45) is 7.35. The molecule has 1 fully saturated rings. The molecule has 1 aliphatic carbocycles. The van der Waals surface area contributed by atoms with Gasteiger partial charge in [-0.25, -0.2) is 18.7 Å². The van der Waals surface area contributed by atoms with E-state index >= 15 is 0 Å². The Labute approximate surface area is 159 Å². The van der Waals surface area contributed by atoms with E-state index in [-0.39, 0.29) is 25.1 Å². The van der Waals surface area contributed by atoms with Crippen molar-refractivity contribution in [1.29, 1.82) is 0 Å². The molecule has 3 aromatic heterocycles. The van der Waals surface area contributed by atoms with Crippen LogP contribution in [0, 0.1) is 5.82 Å². The number of carbonyl (C=O) groups excluding carboxylic acids is 1. The molecule has 0 unspecified atom stereocenters. The number of alkyl halides is 1. The van der Waals surface area contributed by atoms with Crippen molar-refractivity contribution in [1.82, 2.24) is 19.5 Å². The maximum Gasteiger partial charge on any atom is 0.250 e. The number of halogens is 2. The van der Waals surface area contributed by atoms with Crippen LogP contribution in [-0.2, 0) is 5.41 Å². The molecule has 0 bridgehead atoms. The number of aromatic nitrogens is 4. The molecule has 0 radical (unpaired) electrons. The SMILES string of the molecule is NC(=O)c1ccn(-c2cnc(NC[C@]3(c4ncccc4F)C[C@@H](F)C3)nc2)c1. The van der Waals surface area contributed by atoms with Gasteiger partial charge in [-0.3, -0.25) is 9.78 Å². The van der Waals surface area contributed by atoms with Gasteiger partial charge in [-0.05, 0) is 31.0 Å². The molecule has 1 saturated carbocycles. The van der Waals surface area contributed by atoms with Gasteiger partial charge in [0.1, 0.15) is 12.0 Å². The normalized spacial score (nSPS) is 21.1. The first-order chi connectivity index (χ1) is 13.5. The van der Waals surface area contributed by atoms with Gasteiger partial charge in [0.15, 0.2) is 0 Å². The fraction of sp³-hybridized carbons (Fsp3) is 0.263. The first-order valence-electron chi connectivity index (χ1n) is 8.76. The van der Waals surface area contributed by atoms with Crippen molar-refractivity contribution in [3.63, 3.8) is 0 Å². The zero-order chi connectivity index (χ0) is 19.7. The molecule has 0 aliphatic heterocycles. The number of nitrogens with one attached hydrogen (secondary N) is 1. The number of pyridine rings is 1. The molecule has 0 saturated heterocycles. The van der Waals surface area contributed by atoms with Gasteiger partial charge in [-0.2, -0.15) is 0 Å². The highest BCUT2D eigenvalue weighted by atomic mass is 19.1.